The first-order valence-corrected chi connectivity index (χ1v) is 5.00. The number of rotatable bonds is 7. The van der Waals surface area contributed by atoms with Crippen LogP contribution in [-0.2, 0) is 4.79 Å². The lowest BCUT2D eigenvalue weighted by Gasteiger charge is -2.11. The fourth-order valence-electron chi connectivity index (χ4n) is 0.936. The maximum atomic E-state index is 11.1. The largest absolute Gasteiger partial charge is 0.479 e. The topological polar surface area (TPSA) is 102 Å². The summed E-state index contributed by atoms with van der Waals surface area (Å²) < 4.78 is 0. The summed E-state index contributed by atoms with van der Waals surface area (Å²) in [6.07, 6.45) is -0.755. The molecule has 0 saturated heterocycles. The molecule has 1 atom stereocenters. The summed E-state index contributed by atoms with van der Waals surface area (Å²) >= 11 is 0. The van der Waals surface area contributed by atoms with Crippen LogP contribution in [-0.4, -0.2) is 66.9 Å². The van der Waals surface area contributed by atoms with Crippen molar-refractivity contribution in [2.75, 3.05) is 33.7 Å². The zero-order valence-corrected chi connectivity index (χ0v) is 9.56. The quantitative estimate of drug-likeness (QED) is 0.409. The number of aliphatic hydroxyl groups is 1. The number of carbonyl (C=O) groups excluding carboxylic acids is 1. The van der Waals surface area contributed by atoms with Crippen LogP contribution in [0.1, 0.15) is 6.42 Å². The maximum Gasteiger partial charge on any atom is 0.334 e. The average molecular weight is 233 g/mol. The second kappa shape index (κ2) is 7.89. The molecule has 7 nitrogen and oxygen atoms in total. The number of nitrogens with one attached hydrogen (secondary N) is 2. The molecule has 0 aromatic heterocycles. The minimum atomic E-state index is -1.56. The molecule has 0 aromatic carbocycles. The highest BCUT2D eigenvalue weighted by Crippen LogP contribution is 1.82. The Morgan fingerprint density at radius 2 is 1.94 bits per heavy atom. The average Bonchev–Trinajstić information content (AvgIpc) is 2.20. The Labute approximate surface area is 94.4 Å². The first-order chi connectivity index (χ1) is 7.43. The molecule has 0 heterocycles. The second-order valence-corrected chi connectivity index (χ2v) is 3.65. The van der Waals surface area contributed by atoms with Crippen LogP contribution in [0.5, 0.6) is 0 Å². The SMILES string of the molecule is CN(C)CCCNC(=O)NCC(O)C(=O)O. The van der Waals surface area contributed by atoms with Crippen molar-refractivity contribution in [2.24, 2.45) is 0 Å². The summed E-state index contributed by atoms with van der Waals surface area (Å²) in [5.74, 6) is -1.35. The summed E-state index contributed by atoms with van der Waals surface area (Å²) in [5.41, 5.74) is 0. The highest BCUT2D eigenvalue weighted by atomic mass is 16.4. The minimum absolute atomic E-state index is 0.297. The molecule has 0 aliphatic carbocycles. The number of carboxylic acid groups (broad SMARTS) is 1. The molecule has 16 heavy (non-hydrogen) atoms. The standard InChI is InChI=1S/C9H19N3O4/c1-12(2)5-3-4-10-9(16)11-6-7(13)8(14)15/h7,13H,3-6H2,1-2H3,(H,14,15)(H2,10,11,16). The molecule has 0 aliphatic heterocycles. The number of urea groups is 1. The highest BCUT2D eigenvalue weighted by Gasteiger charge is 2.13. The van der Waals surface area contributed by atoms with Gasteiger partial charge in [0.15, 0.2) is 6.10 Å². The third kappa shape index (κ3) is 8.01. The molecular weight excluding hydrogens is 214 g/mol. The van der Waals surface area contributed by atoms with E-state index in [1.165, 1.54) is 0 Å². The molecule has 0 aromatic rings. The number of carbonyl (C=O) groups is 2. The Kier molecular flexibility index (Phi) is 7.23. The lowest BCUT2D eigenvalue weighted by atomic mass is 10.3. The van der Waals surface area contributed by atoms with Gasteiger partial charge in [0.1, 0.15) is 0 Å². The van der Waals surface area contributed by atoms with Crippen molar-refractivity contribution in [2.45, 2.75) is 12.5 Å². The van der Waals surface area contributed by atoms with Crippen molar-refractivity contribution in [3.8, 4) is 0 Å². The third-order valence-corrected chi connectivity index (χ3v) is 1.81. The summed E-state index contributed by atoms with van der Waals surface area (Å²) in [4.78, 5) is 23.3. The number of aliphatic carboxylic acids is 1. The Balaban J connectivity index is 3.48. The highest BCUT2D eigenvalue weighted by molar-refractivity contribution is 5.76. The van der Waals surface area contributed by atoms with E-state index < -0.39 is 18.1 Å². The van der Waals surface area contributed by atoms with Gasteiger partial charge in [0.05, 0.1) is 6.54 Å². The van der Waals surface area contributed by atoms with E-state index in [1.54, 1.807) is 0 Å². The molecule has 0 radical (unpaired) electrons. The lowest BCUT2D eigenvalue weighted by molar-refractivity contribution is -0.146. The molecule has 0 rings (SSSR count). The van der Waals surface area contributed by atoms with Gasteiger partial charge in [-0.3, -0.25) is 0 Å². The van der Waals surface area contributed by atoms with Crippen LogP contribution in [0.3, 0.4) is 0 Å². The van der Waals surface area contributed by atoms with Gasteiger partial charge in [-0.1, -0.05) is 0 Å². The summed E-state index contributed by atoms with van der Waals surface area (Å²) in [5, 5.41) is 22.0. The van der Waals surface area contributed by atoms with Gasteiger partial charge in [-0.05, 0) is 27.1 Å². The van der Waals surface area contributed by atoms with E-state index >= 15 is 0 Å². The monoisotopic (exact) mass is 233 g/mol. The van der Waals surface area contributed by atoms with Crippen molar-refractivity contribution in [3.05, 3.63) is 0 Å². The molecule has 1 unspecified atom stereocenters. The number of carboxylic acids is 1. The van der Waals surface area contributed by atoms with Crippen molar-refractivity contribution in [3.63, 3.8) is 0 Å². The van der Waals surface area contributed by atoms with E-state index in [9.17, 15) is 9.59 Å². The predicted octanol–water partition coefficient (Wildman–Crippen LogP) is -1.32. The number of amides is 2. The minimum Gasteiger partial charge on any atom is -0.479 e. The molecule has 4 N–H and O–H groups in total. The van der Waals surface area contributed by atoms with Gasteiger partial charge >= 0.3 is 12.0 Å². The van der Waals surface area contributed by atoms with Crippen LogP contribution in [0, 0.1) is 0 Å². The van der Waals surface area contributed by atoms with Gasteiger partial charge in [0.25, 0.3) is 0 Å². The third-order valence-electron chi connectivity index (χ3n) is 1.81. The van der Waals surface area contributed by atoms with Crippen LogP contribution in [0.25, 0.3) is 0 Å². The van der Waals surface area contributed by atoms with Gasteiger partial charge in [-0.25, -0.2) is 9.59 Å². The van der Waals surface area contributed by atoms with Crippen molar-refractivity contribution in [1.29, 1.82) is 0 Å². The van der Waals surface area contributed by atoms with Crippen LogP contribution in [0.15, 0.2) is 0 Å². The maximum absolute atomic E-state index is 11.1. The fraction of sp³-hybridized carbons (Fsp3) is 0.778. The van der Waals surface area contributed by atoms with E-state index in [-0.39, 0.29) is 6.54 Å². The van der Waals surface area contributed by atoms with Gasteiger partial charge < -0.3 is 25.7 Å². The number of nitrogens with zero attached hydrogens (tertiary/aromatic N) is 1. The van der Waals surface area contributed by atoms with E-state index in [0.29, 0.717) is 6.54 Å². The summed E-state index contributed by atoms with van der Waals surface area (Å²) in [6.45, 7) is 1.07. The Morgan fingerprint density at radius 3 is 2.44 bits per heavy atom. The number of hydrogen-bond donors (Lipinski definition) is 4. The number of hydrogen-bond acceptors (Lipinski definition) is 4. The molecule has 94 valence electrons. The normalized spacial score (nSPS) is 12.2. The zero-order valence-electron chi connectivity index (χ0n) is 9.56. The second-order valence-electron chi connectivity index (χ2n) is 3.65. The van der Waals surface area contributed by atoms with Gasteiger partial charge in [0, 0.05) is 6.54 Å². The molecule has 7 heteroatoms. The van der Waals surface area contributed by atoms with Gasteiger partial charge in [-0.2, -0.15) is 0 Å². The molecule has 0 saturated carbocycles. The molecule has 2 amide bonds. The van der Waals surface area contributed by atoms with Crippen LogP contribution in [0.2, 0.25) is 0 Å². The smallest absolute Gasteiger partial charge is 0.334 e. The Hall–Kier alpha value is -1.34. The van der Waals surface area contributed by atoms with E-state index in [1.807, 2.05) is 19.0 Å². The summed E-state index contributed by atoms with van der Waals surface area (Å²) in [6, 6.07) is -0.473. The van der Waals surface area contributed by atoms with E-state index in [0.717, 1.165) is 13.0 Å². The van der Waals surface area contributed by atoms with Crippen LogP contribution < -0.4 is 10.6 Å². The van der Waals surface area contributed by atoms with Gasteiger partial charge in [0.2, 0.25) is 0 Å². The Morgan fingerprint density at radius 1 is 1.31 bits per heavy atom. The Bertz CT molecular complexity index is 233. The fourth-order valence-corrected chi connectivity index (χ4v) is 0.936. The van der Waals surface area contributed by atoms with E-state index in [4.69, 9.17) is 10.2 Å². The van der Waals surface area contributed by atoms with E-state index in [2.05, 4.69) is 10.6 Å². The molecule has 0 fully saturated rings. The van der Waals surface area contributed by atoms with Crippen molar-refractivity contribution >= 4 is 12.0 Å². The number of aliphatic hydroxyl groups excluding tert-OH is 1. The van der Waals surface area contributed by atoms with Crippen LogP contribution in [0.4, 0.5) is 4.79 Å². The predicted molar refractivity (Wildman–Crippen MR) is 58.2 cm³/mol. The van der Waals surface area contributed by atoms with Crippen molar-refractivity contribution in [1.82, 2.24) is 15.5 Å². The van der Waals surface area contributed by atoms with Crippen molar-refractivity contribution < 1.29 is 19.8 Å². The first kappa shape index (κ1) is 14.7. The first-order valence-electron chi connectivity index (χ1n) is 5.00. The van der Waals surface area contributed by atoms with Crippen LogP contribution >= 0.6 is 0 Å². The summed E-state index contributed by atoms with van der Waals surface area (Å²) in [7, 11) is 3.87. The lowest BCUT2D eigenvalue weighted by Crippen LogP contribution is -2.42. The molecule has 0 spiro atoms. The van der Waals surface area contributed by atoms with Gasteiger partial charge in [-0.15, -0.1) is 0 Å². The molecule has 0 aliphatic rings. The molecular formula is C9H19N3O4. The molecule has 0 bridgehead atoms. The zero-order chi connectivity index (χ0) is 12.6.